The molecule has 1 aliphatic rings. The van der Waals surface area contributed by atoms with Crippen molar-refractivity contribution in [3.8, 4) is 0 Å². The summed E-state index contributed by atoms with van der Waals surface area (Å²) >= 11 is 0. The lowest BCUT2D eigenvalue weighted by molar-refractivity contribution is 0.0790. The van der Waals surface area contributed by atoms with E-state index in [-0.39, 0.29) is 5.82 Å². The maximum atomic E-state index is 13.8. The average Bonchev–Trinajstić information content (AvgIpc) is 2.84. The van der Waals surface area contributed by atoms with Gasteiger partial charge in [-0.05, 0) is 31.5 Å². The number of hydrogen-bond acceptors (Lipinski definition) is 3. The summed E-state index contributed by atoms with van der Waals surface area (Å²) in [6.07, 6.45) is 2.55. The van der Waals surface area contributed by atoms with Crippen LogP contribution in [0.15, 0.2) is 18.2 Å². The Bertz CT molecular complexity index is 391. The molecule has 3 nitrogen and oxygen atoms in total. The molecule has 1 aliphatic heterocycles. The molecule has 2 rings (SSSR count). The summed E-state index contributed by atoms with van der Waals surface area (Å²) in [5.41, 5.74) is 7.03. The third kappa shape index (κ3) is 3.51. The fourth-order valence-electron chi connectivity index (χ4n) is 2.34. The van der Waals surface area contributed by atoms with Crippen molar-refractivity contribution in [1.82, 2.24) is 4.90 Å². The Morgan fingerprint density at radius 2 is 2.33 bits per heavy atom. The third-order valence-electron chi connectivity index (χ3n) is 3.33. The van der Waals surface area contributed by atoms with Crippen LogP contribution < -0.4 is 5.73 Å². The molecular formula is C14H21FN2O. The van der Waals surface area contributed by atoms with E-state index in [0.717, 1.165) is 31.6 Å². The number of rotatable bonds is 5. The zero-order valence-electron chi connectivity index (χ0n) is 10.9. The lowest BCUT2D eigenvalue weighted by Crippen LogP contribution is -2.28. The van der Waals surface area contributed by atoms with Gasteiger partial charge in [-0.15, -0.1) is 0 Å². The Labute approximate surface area is 108 Å². The molecule has 1 aromatic carbocycles. The molecule has 0 amide bonds. The summed E-state index contributed by atoms with van der Waals surface area (Å²) in [7, 11) is 2.00. The molecule has 100 valence electrons. The van der Waals surface area contributed by atoms with E-state index >= 15 is 0 Å². The first-order valence-corrected chi connectivity index (χ1v) is 6.46. The summed E-state index contributed by atoms with van der Waals surface area (Å²) in [6, 6.07) is 5.23. The summed E-state index contributed by atoms with van der Waals surface area (Å²) in [5, 5.41) is 0. The van der Waals surface area contributed by atoms with Gasteiger partial charge in [0.25, 0.3) is 0 Å². The lowest BCUT2D eigenvalue weighted by atomic mass is 10.1. The topological polar surface area (TPSA) is 38.5 Å². The van der Waals surface area contributed by atoms with Gasteiger partial charge in [-0.3, -0.25) is 4.90 Å². The van der Waals surface area contributed by atoms with E-state index in [1.807, 2.05) is 19.2 Å². The van der Waals surface area contributed by atoms with Gasteiger partial charge in [-0.2, -0.15) is 0 Å². The average molecular weight is 252 g/mol. The molecular weight excluding hydrogens is 231 g/mol. The number of likely N-dealkylation sites (N-methyl/N-ethyl adjacent to an activating group) is 1. The molecule has 1 fully saturated rings. The fourth-order valence-corrected chi connectivity index (χ4v) is 2.34. The van der Waals surface area contributed by atoms with Crippen LogP contribution in [0.1, 0.15) is 24.0 Å². The highest BCUT2D eigenvalue weighted by Gasteiger charge is 2.17. The van der Waals surface area contributed by atoms with Crippen LogP contribution >= 0.6 is 0 Å². The molecule has 1 saturated heterocycles. The van der Waals surface area contributed by atoms with Gasteiger partial charge in [-0.1, -0.05) is 12.1 Å². The van der Waals surface area contributed by atoms with Gasteiger partial charge >= 0.3 is 0 Å². The van der Waals surface area contributed by atoms with Crippen LogP contribution in [0.3, 0.4) is 0 Å². The van der Waals surface area contributed by atoms with Gasteiger partial charge < -0.3 is 10.5 Å². The number of nitrogens with two attached hydrogens (primary N) is 1. The van der Waals surface area contributed by atoms with E-state index in [1.165, 1.54) is 6.07 Å². The first kappa shape index (κ1) is 13.5. The second-order valence-corrected chi connectivity index (χ2v) is 4.96. The van der Waals surface area contributed by atoms with Crippen LogP contribution in [-0.2, 0) is 17.8 Å². The number of nitrogens with zero attached hydrogens (tertiary/aromatic N) is 1. The minimum atomic E-state index is -0.169. The molecule has 1 heterocycles. The Hall–Kier alpha value is -0.970. The number of ether oxygens (including phenoxy) is 1. The maximum absolute atomic E-state index is 13.8. The lowest BCUT2D eigenvalue weighted by Gasteiger charge is -2.20. The molecule has 0 radical (unpaired) electrons. The minimum absolute atomic E-state index is 0.169. The maximum Gasteiger partial charge on any atom is 0.128 e. The quantitative estimate of drug-likeness (QED) is 0.869. The first-order valence-electron chi connectivity index (χ1n) is 6.46. The number of benzene rings is 1. The third-order valence-corrected chi connectivity index (χ3v) is 3.33. The van der Waals surface area contributed by atoms with Crippen molar-refractivity contribution >= 4 is 0 Å². The van der Waals surface area contributed by atoms with E-state index in [0.29, 0.717) is 24.8 Å². The largest absolute Gasteiger partial charge is 0.377 e. The second-order valence-electron chi connectivity index (χ2n) is 4.96. The van der Waals surface area contributed by atoms with Crippen molar-refractivity contribution in [3.05, 3.63) is 35.1 Å². The predicted octanol–water partition coefficient (Wildman–Crippen LogP) is 1.90. The molecule has 1 atom stereocenters. The van der Waals surface area contributed by atoms with Gasteiger partial charge in [0, 0.05) is 31.8 Å². The van der Waals surface area contributed by atoms with Crippen molar-refractivity contribution in [3.63, 3.8) is 0 Å². The molecule has 1 unspecified atom stereocenters. The summed E-state index contributed by atoms with van der Waals surface area (Å²) < 4.78 is 19.4. The fraction of sp³-hybridized carbons (Fsp3) is 0.571. The van der Waals surface area contributed by atoms with Crippen LogP contribution in [0.4, 0.5) is 4.39 Å². The standard InChI is InChI=1S/C14H21FN2O/c1-17(10-13-3-2-6-18-13)9-12-5-4-11(8-16)7-14(12)15/h4-5,7,13H,2-3,6,8-10,16H2,1H3. The summed E-state index contributed by atoms with van der Waals surface area (Å²) in [5.74, 6) is -0.169. The molecule has 0 bridgehead atoms. The van der Waals surface area contributed by atoms with Gasteiger partial charge in [-0.25, -0.2) is 4.39 Å². The highest BCUT2D eigenvalue weighted by atomic mass is 19.1. The van der Waals surface area contributed by atoms with Gasteiger partial charge in [0.2, 0.25) is 0 Å². The second kappa shape index (κ2) is 6.27. The van der Waals surface area contributed by atoms with Crippen molar-refractivity contribution < 1.29 is 9.13 Å². The minimum Gasteiger partial charge on any atom is -0.377 e. The zero-order valence-corrected chi connectivity index (χ0v) is 10.9. The smallest absolute Gasteiger partial charge is 0.128 e. The highest BCUT2D eigenvalue weighted by Crippen LogP contribution is 2.16. The van der Waals surface area contributed by atoms with Gasteiger partial charge in [0.1, 0.15) is 5.82 Å². The number of hydrogen-bond donors (Lipinski definition) is 1. The van der Waals surface area contributed by atoms with E-state index in [1.54, 1.807) is 0 Å². The zero-order chi connectivity index (χ0) is 13.0. The van der Waals surface area contributed by atoms with Crippen LogP contribution in [0, 0.1) is 5.82 Å². The molecule has 2 N–H and O–H groups in total. The first-order chi connectivity index (χ1) is 8.69. The Morgan fingerprint density at radius 1 is 1.50 bits per heavy atom. The summed E-state index contributed by atoms with van der Waals surface area (Å²) in [4.78, 5) is 2.11. The molecule has 1 aromatic rings. The predicted molar refractivity (Wildman–Crippen MR) is 69.6 cm³/mol. The van der Waals surface area contributed by atoms with Crippen LogP contribution in [0.25, 0.3) is 0 Å². The van der Waals surface area contributed by atoms with Crippen LogP contribution in [-0.4, -0.2) is 31.2 Å². The highest BCUT2D eigenvalue weighted by molar-refractivity contribution is 5.24. The van der Waals surface area contributed by atoms with Crippen molar-refractivity contribution in [2.75, 3.05) is 20.2 Å². The molecule has 0 aliphatic carbocycles. The van der Waals surface area contributed by atoms with E-state index in [2.05, 4.69) is 4.90 Å². The van der Waals surface area contributed by atoms with Crippen molar-refractivity contribution in [1.29, 1.82) is 0 Å². The summed E-state index contributed by atoms with van der Waals surface area (Å²) in [6.45, 7) is 2.70. The van der Waals surface area contributed by atoms with E-state index in [4.69, 9.17) is 10.5 Å². The molecule has 4 heteroatoms. The molecule has 0 aromatic heterocycles. The van der Waals surface area contributed by atoms with Crippen molar-refractivity contribution in [2.45, 2.75) is 32.0 Å². The Morgan fingerprint density at radius 3 is 2.94 bits per heavy atom. The monoisotopic (exact) mass is 252 g/mol. The van der Waals surface area contributed by atoms with Crippen molar-refractivity contribution in [2.24, 2.45) is 5.73 Å². The molecule has 0 saturated carbocycles. The molecule has 18 heavy (non-hydrogen) atoms. The SMILES string of the molecule is CN(Cc1ccc(CN)cc1F)CC1CCCO1. The Balaban J connectivity index is 1.91. The Kier molecular flexibility index (Phi) is 4.69. The van der Waals surface area contributed by atoms with Gasteiger partial charge in [0.05, 0.1) is 6.10 Å². The van der Waals surface area contributed by atoms with Gasteiger partial charge in [0.15, 0.2) is 0 Å². The van der Waals surface area contributed by atoms with E-state index in [9.17, 15) is 4.39 Å². The molecule has 0 spiro atoms. The van der Waals surface area contributed by atoms with E-state index < -0.39 is 0 Å². The number of halogens is 1. The normalized spacial score (nSPS) is 19.7. The van der Waals surface area contributed by atoms with Crippen LogP contribution in [0.5, 0.6) is 0 Å². The van der Waals surface area contributed by atoms with Crippen LogP contribution in [0.2, 0.25) is 0 Å².